The van der Waals surface area contributed by atoms with Gasteiger partial charge in [-0.3, -0.25) is 24.1 Å². The lowest BCUT2D eigenvalue weighted by molar-refractivity contribution is -0.149. The van der Waals surface area contributed by atoms with Gasteiger partial charge >= 0.3 is 5.97 Å². The number of esters is 1. The van der Waals surface area contributed by atoms with Crippen molar-refractivity contribution in [3.8, 4) is 0 Å². The van der Waals surface area contributed by atoms with Crippen LogP contribution in [0.3, 0.4) is 0 Å². The average molecular weight is 384 g/mol. The van der Waals surface area contributed by atoms with Crippen LogP contribution in [-0.2, 0) is 23.9 Å². The maximum atomic E-state index is 12.6. The van der Waals surface area contributed by atoms with Crippen molar-refractivity contribution in [2.75, 3.05) is 18.5 Å². The third kappa shape index (κ3) is 3.41. The normalized spacial score (nSPS) is 27.8. The van der Waals surface area contributed by atoms with Gasteiger partial charge in [-0.05, 0) is 50.2 Å². The summed E-state index contributed by atoms with van der Waals surface area (Å²) in [5, 5.41) is 2.64. The number of rotatable bonds is 6. The Morgan fingerprint density at radius 1 is 1.07 bits per heavy atom. The fourth-order valence-corrected chi connectivity index (χ4v) is 4.95. The van der Waals surface area contributed by atoms with Gasteiger partial charge < -0.3 is 10.1 Å². The summed E-state index contributed by atoms with van der Waals surface area (Å²) in [6.45, 7) is 1.58. The number of nitrogens with zero attached hydrogens (tertiary/aromatic N) is 1. The van der Waals surface area contributed by atoms with Gasteiger partial charge in [-0.1, -0.05) is 17.7 Å². The third-order valence-electron chi connectivity index (χ3n) is 6.26. The summed E-state index contributed by atoms with van der Waals surface area (Å²) < 4.78 is 4.98. The number of fused-ring (bicyclic) bond motifs is 5. The van der Waals surface area contributed by atoms with Gasteiger partial charge in [0, 0.05) is 12.2 Å². The molecule has 0 radical (unpaired) electrons. The average Bonchev–Trinajstić information content (AvgIpc) is 3.35. The number of likely N-dealkylation sites (tertiary alicyclic amines) is 1. The summed E-state index contributed by atoms with van der Waals surface area (Å²) in [6.07, 6.45) is 2.94. The van der Waals surface area contributed by atoms with Crippen molar-refractivity contribution in [1.29, 1.82) is 0 Å². The Balaban J connectivity index is 1.22. The molecule has 3 aliphatic rings. The minimum absolute atomic E-state index is 0.0303. The molecule has 1 aromatic carbocycles. The van der Waals surface area contributed by atoms with Crippen molar-refractivity contribution >= 4 is 29.4 Å². The second-order valence-electron chi connectivity index (χ2n) is 8.04. The Morgan fingerprint density at radius 3 is 2.29 bits per heavy atom. The maximum absolute atomic E-state index is 12.6. The molecule has 2 saturated carbocycles. The number of carbonyl (C=O) groups excluding carboxylic acids is 4. The summed E-state index contributed by atoms with van der Waals surface area (Å²) in [5.41, 5.74) is 1.70. The Bertz CT molecular complexity index is 791. The zero-order valence-electron chi connectivity index (χ0n) is 15.8. The zero-order valence-corrected chi connectivity index (χ0v) is 15.8. The van der Waals surface area contributed by atoms with Gasteiger partial charge in [-0.25, -0.2) is 0 Å². The number of nitrogens with one attached hydrogen (secondary N) is 1. The summed E-state index contributed by atoms with van der Waals surface area (Å²) in [7, 11) is 0. The molecule has 2 aliphatic carbocycles. The van der Waals surface area contributed by atoms with Crippen molar-refractivity contribution in [1.82, 2.24) is 4.90 Å². The van der Waals surface area contributed by atoms with Crippen LogP contribution in [0.5, 0.6) is 0 Å². The Morgan fingerprint density at radius 2 is 1.68 bits per heavy atom. The van der Waals surface area contributed by atoms with Gasteiger partial charge in [0.1, 0.15) is 0 Å². The Hall–Kier alpha value is -2.70. The number of aryl methyl sites for hydroxylation is 1. The van der Waals surface area contributed by atoms with E-state index in [0.29, 0.717) is 17.5 Å². The second kappa shape index (κ2) is 7.37. The molecule has 1 heterocycles. The van der Waals surface area contributed by atoms with E-state index in [9.17, 15) is 19.2 Å². The quantitative estimate of drug-likeness (QED) is 0.597. The molecule has 0 aromatic heterocycles. The Labute approximate surface area is 163 Å². The standard InChI is InChI=1S/C21H24N2O5/c1-12-2-6-15(7-3-12)22-16(24)11-28-17(25)8-9-23-20(26)18-13-4-5-14(10-13)19(18)21(23)27/h2-3,6-7,13-14,18-19H,4-5,8-11H2,1H3,(H,22,24)/t13-,14-,18-,19-/m0/s1. The van der Waals surface area contributed by atoms with Crippen LogP contribution in [0.25, 0.3) is 0 Å². The molecule has 7 heteroatoms. The topological polar surface area (TPSA) is 92.8 Å². The van der Waals surface area contributed by atoms with E-state index in [0.717, 1.165) is 24.8 Å². The van der Waals surface area contributed by atoms with Crippen molar-refractivity contribution in [2.24, 2.45) is 23.7 Å². The van der Waals surface area contributed by atoms with Gasteiger partial charge in [-0.2, -0.15) is 0 Å². The number of ether oxygens (including phenoxy) is 1. The van der Waals surface area contributed by atoms with Crippen LogP contribution in [0.2, 0.25) is 0 Å². The fraction of sp³-hybridized carbons (Fsp3) is 0.524. The van der Waals surface area contributed by atoms with Crippen LogP contribution in [0.1, 0.15) is 31.2 Å². The van der Waals surface area contributed by atoms with Gasteiger partial charge in [-0.15, -0.1) is 0 Å². The van der Waals surface area contributed by atoms with Crippen LogP contribution in [0, 0.1) is 30.6 Å². The van der Waals surface area contributed by atoms with Crippen molar-refractivity contribution in [2.45, 2.75) is 32.6 Å². The molecule has 7 nitrogen and oxygen atoms in total. The summed E-state index contributed by atoms with van der Waals surface area (Å²) in [4.78, 5) is 50.2. The minimum Gasteiger partial charge on any atom is -0.456 e. The second-order valence-corrected chi connectivity index (χ2v) is 8.04. The Kier molecular flexibility index (Phi) is 4.91. The first-order valence-electron chi connectivity index (χ1n) is 9.81. The number of hydrogen-bond acceptors (Lipinski definition) is 5. The molecular weight excluding hydrogens is 360 g/mol. The van der Waals surface area contributed by atoms with E-state index in [1.807, 2.05) is 19.1 Å². The predicted molar refractivity (Wildman–Crippen MR) is 99.9 cm³/mol. The monoisotopic (exact) mass is 384 g/mol. The molecule has 1 N–H and O–H groups in total. The molecule has 4 rings (SSSR count). The molecule has 3 amide bonds. The number of anilines is 1. The highest BCUT2D eigenvalue weighted by atomic mass is 16.5. The minimum atomic E-state index is -0.598. The van der Waals surface area contributed by atoms with E-state index < -0.39 is 18.5 Å². The highest BCUT2D eigenvalue weighted by Crippen LogP contribution is 2.56. The number of benzene rings is 1. The maximum Gasteiger partial charge on any atom is 0.308 e. The van der Waals surface area contributed by atoms with Crippen LogP contribution in [-0.4, -0.2) is 41.7 Å². The SMILES string of the molecule is Cc1ccc(NC(=O)COC(=O)CCN2C(=O)[C@H]3[C@H]4CC[C@@H](C4)[C@@H]3C2=O)cc1. The van der Waals surface area contributed by atoms with E-state index in [-0.39, 0.29) is 36.6 Å². The van der Waals surface area contributed by atoms with Crippen molar-refractivity contribution < 1.29 is 23.9 Å². The molecule has 148 valence electrons. The van der Waals surface area contributed by atoms with Crippen LogP contribution >= 0.6 is 0 Å². The largest absolute Gasteiger partial charge is 0.456 e. The van der Waals surface area contributed by atoms with E-state index in [4.69, 9.17) is 4.74 Å². The van der Waals surface area contributed by atoms with E-state index >= 15 is 0 Å². The lowest BCUT2D eigenvalue weighted by Crippen LogP contribution is -2.35. The molecule has 1 saturated heterocycles. The van der Waals surface area contributed by atoms with Gasteiger partial charge in [0.05, 0.1) is 18.3 Å². The summed E-state index contributed by atoms with van der Waals surface area (Å²) >= 11 is 0. The lowest BCUT2D eigenvalue weighted by atomic mass is 9.81. The first-order valence-corrected chi connectivity index (χ1v) is 9.81. The van der Waals surface area contributed by atoms with Crippen LogP contribution in [0.4, 0.5) is 5.69 Å². The smallest absolute Gasteiger partial charge is 0.308 e. The first kappa shape index (κ1) is 18.7. The van der Waals surface area contributed by atoms with Crippen molar-refractivity contribution in [3.05, 3.63) is 29.8 Å². The third-order valence-corrected chi connectivity index (χ3v) is 6.26. The molecule has 3 fully saturated rings. The molecular formula is C21H24N2O5. The number of imide groups is 1. The number of amides is 3. The van der Waals surface area contributed by atoms with E-state index in [1.54, 1.807) is 12.1 Å². The molecule has 0 unspecified atom stereocenters. The predicted octanol–water partition coefficient (Wildman–Crippen LogP) is 1.90. The highest BCUT2D eigenvalue weighted by Gasteiger charge is 2.60. The van der Waals surface area contributed by atoms with Gasteiger partial charge in [0.15, 0.2) is 6.61 Å². The van der Waals surface area contributed by atoms with E-state index in [1.165, 1.54) is 4.90 Å². The zero-order chi connectivity index (χ0) is 19.8. The molecule has 1 aliphatic heterocycles. The van der Waals surface area contributed by atoms with E-state index in [2.05, 4.69) is 5.32 Å². The molecule has 28 heavy (non-hydrogen) atoms. The van der Waals surface area contributed by atoms with Gasteiger partial charge in [0.25, 0.3) is 5.91 Å². The molecule has 2 bridgehead atoms. The number of carbonyl (C=O) groups is 4. The van der Waals surface area contributed by atoms with Crippen LogP contribution in [0.15, 0.2) is 24.3 Å². The molecule has 0 spiro atoms. The van der Waals surface area contributed by atoms with Crippen molar-refractivity contribution in [3.63, 3.8) is 0 Å². The lowest BCUT2D eigenvalue weighted by Gasteiger charge is -2.19. The molecule has 1 aromatic rings. The summed E-state index contributed by atoms with van der Waals surface area (Å²) in [5.74, 6) is -0.997. The number of hydrogen-bond donors (Lipinski definition) is 1. The van der Waals surface area contributed by atoms with Crippen LogP contribution < -0.4 is 5.32 Å². The van der Waals surface area contributed by atoms with Gasteiger partial charge in [0.2, 0.25) is 11.8 Å². The fourth-order valence-electron chi connectivity index (χ4n) is 4.95. The highest BCUT2D eigenvalue weighted by molar-refractivity contribution is 6.06. The first-order chi connectivity index (χ1) is 13.4. The molecule has 4 atom stereocenters. The summed E-state index contributed by atoms with van der Waals surface area (Å²) in [6, 6.07) is 7.27.